The van der Waals surface area contributed by atoms with Gasteiger partial charge in [-0.1, -0.05) is 42.6 Å². The van der Waals surface area contributed by atoms with Crippen LogP contribution in [0.15, 0.2) is 30.7 Å². The normalized spacial score (nSPS) is 15.1. The minimum Gasteiger partial charge on any atom is -0.372 e. The minimum atomic E-state index is -0.414. The van der Waals surface area contributed by atoms with Crippen LogP contribution < -0.4 is 21.3 Å². The fraction of sp³-hybridized carbons (Fsp3) is 0.409. The maximum Gasteiger partial charge on any atom is 0.242 e. The molecule has 11 heteroatoms. The molecule has 1 aliphatic rings. The van der Waals surface area contributed by atoms with Gasteiger partial charge in [0.15, 0.2) is 6.29 Å². The molecule has 9 nitrogen and oxygen atoms in total. The Kier molecular flexibility index (Phi) is 8.46. The number of carbonyl (C=O) groups is 2. The Morgan fingerprint density at radius 2 is 1.97 bits per heavy atom. The lowest BCUT2D eigenvalue weighted by molar-refractivity contribution is -0.124. The van der Waals surface area contributed by atoms with Gasteiger partial charge in [-0.05, 0) is 18.6 Å². The number of unbranched alkanes of at least 4 members (excludes halogenated alkanes) is 1. The standard InChI is InChI=1S/C22H29Cl2N7O2/c1-4-5-8-30-11-17(14-6-7-15(23)16(24)9-14)28-22(30)29-20(33)12-31-13-27-21(26-3)18(31)10-19(32)25-2/h6-7,9,11,13,22,26,28H,4-5,8,10,12H2,1-3H3,(H,25,32)(H,29,33). The first kappa shape index (κ1) is 24.7. The molecule has 178 valence electrons. The SMILES string of the molecule is CCCCN1C=C(c2ccc(Cl)c(Cl)c2)NC1NC(=O)Cn1cnc(NC)c1CC(=O)NC. The molecule has 1 aromatic carbocycles. The Bertz CT molecular complexity index is 1040. The highest BCUT2D eigenvalue weighted by atomic mass is 35.5. The Morgan fingerprint density at radius 3 is 2.64 bits per heavy atom. The molecule has 33 heavy (non-hydrogen) atoms. The van der Waals surface area contributed by atoms with E-state index in [2.05, 4.69) is 38.1 Å². The van der Waals surface area contributed by atoms with Crippen molar-refractivity contribution in [1.82, 2.24) is 30.4 Å². The van der Waals surface area contributed by atoms with E-state index in [1.165, 1.54) is 0 Å². The maximum absolute atomic E-state index is 12.9. The van der Waals surface area contributed by atoms with Crippen LogP contribution in [0.5, 0.6) is 0 Å². The van der Waals surface area contributed by atoms with Gasteiger partial charge in [-0.15, -0.1) is 0 Å². The van der Waals surface area contributed by atoms with Crippen LogP contribution in [0.1, 0.15) is 31.0 Å². The summed E-state index contributed by atoms with van der Waals surface area (Å²) < 4.78 is 1.68. The number of nitrogens with one attached hydrogen (secondary N) is 4. The van der Waals surface area contributed by atoms with Crippen LogP contribution in [0.2, 0.25) is 10.0 Å². The Hall–Kier alpha value is -2.91. The number of halogens is 2. The molecule has 2 amide bonds. The molecule has 0 fully saturated rings. The van der Waals surface area contributed by atoms with Crippen LogP contribution >= 0.6 is 23.2 Å². The van der Waals surface area contributed by atoms with E-state index < -0.39 is 6.29 Å². The lowest BCUT2D eigenvalue weighted by atomic mass is 10.2. The van der Waals surface area contributed by atoms with Gasteiger partial charge in [-0.3, -0.25) is 9.59 Å². The molecular formula is C22H29Cl2N7O2. The van der Waals surface area contributed by atoms with Crippen molar-refractivity contribution in [3.8, 4) is 0 Å². The van der Waals surface area contributed by atoms with Gasteiger partial charge in [-0.2, -0.15) is 0 Å². The summed E-state index contributed by atoms with van der Waals surface area (Å²) in [6.07, 6.45) is 5.24. The van der Waals surface area contributed by atoms with Crippen molar-refractivity contribution in [1.29, 1.82) is 0 Å². The van der Waals surface area contributed by atoms with Crippen LogP contribution in [-0.2, 0) is 22.6 Å². The Labute approximate surface area is 203 Å². The molecule has 2 aromatic rings. The first-order chi connectivity index (χ1) is 15.9. The van der Waals surface area contributed by atoms with E-state index in [9.17, 15) is 9.59 Å². The predicted molar refractivity (Wildman–Crippen MR) is 131 cm³/mol. The number of aromatic nitrogens is 2. The third-order valence-electron chi connectivity index (χ3n) is 5.32. The van der Waals surface area contributed by atoms with Gasteiger partial charge in [0.1, 0.15) is 12.4 Å². The average molecular weight is 494 g/mol. The molecule has 0 bridgehead atoms. The monoisotopic (exact) mass is 493 g/mol. The number of hydrogen-bond donors (Lipinski definition) is 4. The molecule has 0 saturated carbocycles. The summed E-state index contributed by atoms with van der Waals surface area (Å²) in [4.78, 5) is 31.1. The number of nitrogens with zero attached hydrogens (tertiary/aromatic N) is 3. The Morgan fingerprint density at radius 1 is 1.18 bits per heavy atom. The molecule has 4 N–H and O–H groups in total. The van der Waals surface area contributed by atoms with E-state index >= 15 is 0 Å². The third-order valence-corrected chi connectivity index (χ3v) is 6.06. The van der Waals surface area contributed by atoms with Crippen molar-refractivity contribution < 1.29 is 9.59 Å². The number of hydrogen-bond acceptors (Lipinski definition) is 6. The highest BCUT2D eigenvalue weighted by molar-refractivity contribution is 6.42. The predicted octanol–water partition coefficient (Wildman–Crippen LogP) is 2.62. The summed E-state index contributed by atoms with van der Waals surface area (Å²) in [5.74, 6) is 0.196. The number of benzene rings is 1. The van der Waals surface area contributed by atoms with E-state index in [0.717, 1.165) is 30.6 Å². The average Bonchev–Trinajstić information content (AvgIpc) is 3.37. The molecule has 0 spiro atoms. The zero-order chi connectivity index (χ0) is 24.0. The highest BCUT2D eigenvalue weighted by Crippen LogP contribution is 2.27. The van der Waals surface area contributed by atoms with Crippen LogP contribution in [0, 0.1) is 0 Å². The van der Waals surface area contributed by atoms with Crippen LogP contribution in [0.3, 0.4) is 0 Å². The summed E-state index contributed by atoms with van der Waals surface area (Å²) in [7, 11) is 3.30. The molecule has 1 atom stereocenters. The van der Waals surface area contributed by atoms with Gasteiger partial charge in [0.2, 0.25) is 11.8 Å². The van der Waals surface area contributed by atoms with Crippen molar-refractivity contribution in [2.75, 3.05) is 26.0 Å². The molecule has 1 unspecified atom stereocenters. The van der Waals surface area contributed by atoms with Crippen LogP contribution in [0.4, 0.5) is 5.82 Å². The van der Waals surface area contributed by atoms with E-state index in [4.69, 9.17) is 23.2 Å². The largest absolute Gasteiger partial charge is 0.372 e. The van der Waals surface area contributed by atoms with Crippen LogP contribution in [0.25, 0.3) is 5.70 Å². The van der Waals surface area contributed by atoms with Crippen molar-refractivity contribution in [3.63, 3.8) is 0 Å². The van der Waals surface area contributed by atoms with Gasteiger partial charge in [0.25, 0.3) is 0 Å². The molecule has 2 heterocycles. The molecule has 1 aliphatic heterocycles. The van der Waals surface area contributed by atoms with Crippen molar-refractivity contribution in [2.24, 2.45) is 0 Å². The second kappa shape index (κ2) is 11.3. The summed E-state index contributed by atoms with van der Waals surface area (Å²) in [5.41, 5.74) is 2.36. The number of amides is 2. The summed E-state index contributed by atoms with van der Waals surface area (Å²) >= 11 is 12.2. The first-order valence-electron chi connectivity index (χ1n) is 10.8. The van der Waals surface area contributed by atoms with E-state index in [0.29, 0.717) is 21.6 Å². The molecular weight excluding hydrogens is 465 g/mol. The fourth-order valence-corrected chi connectivity index (χ4v) is 3.81. The molecule has 0 aliphatic carbocycles. The van der Waals surface area contributed by atoms with Gasteiger partial charge in [0.05, 0.1) is 34.2 Å². The molecule has 0 radical (unpaired) electrons. The van der Waals surface area contributed by atoms with Gasteiger partial charge in [-0.25, -0.2) is 4.98 Å². The zero-order valence-electron chi connectivity index (χ0n) is 18.9. The first-order valence-corrected chi connectivity index (χ1v) is 11.5. The summed E-state index contributed by atoms with van der Waals surface area (Å²) in [6.45, 7) is 2.92. The van der Waals surface area contributed by atoms with Gasteiger partial charge in [0, 0.05) is 32.4 Å². The number of anilines is 1. The molecule has 3 rings (SSSR count). The zero-order valence-corrected chi connectivity index (χ0v) is 20.4. The highest BCUT2D eigenvalue weighted by Gasteiger charge is 2.26. The lowest BCUT2D eigenvalue weighted by Crippen LogP contribution is -2.51. The quantitative estimate of drug-likeness (QED) is 0.405. The third kappa shape index (κ3) is 6.11. The van der Waals surface area contributed by atoms with E-state index in [-0.39, 0.29) is 24.8 Å². The van der Waals surface area contributed by atoms with E-state index in [1.807, 2.05) is 12.3 Å². The summed E-state index contributed by atoms with van der Waals surface area (Å²) in [6, 6.07) is 5.42. The second-order valence-electron chi connectivity index (χ2n) is 7.65. The van der Waals surface area contributed by atoms with Gasteiger partial charge < -0.3 is 30.7 Å². The number of imidazole rings is 1. The van der Waals surface area contributed by atoms with Crippen LogP contribution in [-0.4, -0.2) is 53.2 Å². The smallest absolute Gasteiger partial charge is 0.242 e. The van der Waals surface area contributed by atoms with E-state index in [1.54, 1.807) is 37.1 Å². The second-order valence-corrected chi connectivity index (χ2v) is 8.46. The van der Waals surface area contributed by atoms with Crippen molar-refractivity contribution >= 4 is 46.5 Å². The molecule has 1 aromatic heterocycles. The summed E-state index contributed by atoms with van der Waals surface area (Å²) in [5, 5.41) is 12.9. The van der Waals surface area contributed by atoms with Gasteiger partial charge >= 0.3 is 0 Å². The Balaban J connectivity index is 1.72. The topological polar surface area (TPSA) is 103 Å². The number of likely N-dealkylation sites (N-methyl/N-ethyl adjacent to an activating group) is 1. The number of carbonyl (C=O) groups excluding carboxylic acids is 2. The lowest BCUT2D eigenvalue weighted by Gasteiger charge is -2.26. The fourth-order valence-electron chi connectivity index (χ4n) is 3.51. The molecule has 0 saturated heterocycles. The number of rotatable bonds is 10. The maximum atomic E-state index is 12.9. The van der Waals surface area contributed by atoms with Crippen molar-refractivity contribution in [3.05, 3.63) is 52.0 Å². The minimum absolute atomic E-state index is 0.0307. The van der Waals surface area contributed by atoms with Crippen molar-refractivity contribution in [2.45, 2.75) is 39.0 Å².